The largest absolute Gasteiger partial charge is 0.311 e. The first-order valence-electron chi connectivity index (χ1n) is 6.29. The van der Waals surface area contributed by atoms with Gasteiger partial charge in [0.2, 0.25) is 0 Å². The second kappa shape index (κ2) is 7.05. The molecule has 0 amide bonds. The van der Waals surface area contributed by atoms with Crippen molar-refractivity contribution in [3.05, 3.63) is 39.6 Å². The first-order chi connectivity index (χ1) is 8.40. The summed E-state index contributed by atoms with van der Waals surface area (Å²) in [6.07, 6.45) is 1.95. The molecule has 3 heteroatoms. The van der Waals surface area contributed by atoms with Crippen LogP contribution in [-0.2, 0) is 0 Å². The van der Waals surface area contributed by atoms with E-state index in [1.54, 1.807) is 6.07 Å². The van der Waals surface area contributed by atoms with Gasteiger partial charge in [-0.25, -0.2) is 4.39 Å². The van der Waals surface area contributed by atoms with Crippen LogP contribution >= 0.6 is 15.9 Å². The molecule has 0 aliphatic rings. The molecule has 1 nitrogen and oxygen atoms in total. The van der Waals surface area contributed by atoms with Crippen molar-refractivity contribution in [2.45, 2.75) is 33.7 Å². The Morgan fingerprint density at radius 2 is 2.00 bits per heavy atom. The number of nitrogens with one attached hydrogen (secondary N) is 1. The zero-order chi connectivity index (χ0) is 13.7. The van der Waals surface area contributed by atoms with E-state index >= 15 is 0 Å². The lowest BCUT2D eigenvalue weighted by molar-refractivity contribution is 0.591. The zero-order valence-electron chi connectivity index (χ0n) is 11.4. The molecule has 0 aliphatic carbocycles. The summed E-state index contributed by atoms with van der Waals surface area (Å²) in [7, 11) is 0. The number of benzene rings is 1. The van der Waals surface area contributed by atoms with Crippen molar-refractivity contribution in [2.75, 3.05) is 6.54 Å². The van der Waals surface area contributed by atoms with E-state index in [1.165, 1.54) is 11.6 Å². The molecule has 0 fully saturated rings. The van der Waals surface area contributed by atoms with Gasteiger partial charge in [-0.2, -0.15) is 0 Å². The highest BCUT2D eigenvalue weighted by Gasteiger charge is 2.07. The highest BCUT2D eigenvalue weighted by atomic mass is 79.9. The van der Waals surface area contributed by atoms with E-state index in [2.05, 4.69) is 48.9 Å². The number of halogens is 2. The molecule has 0 bridgehead atoms. The zero-order valence-corrected chi connectivity index (χ0v) is 13.0. The normalized spacial score (nSPS) is 12.6. The van der Waals surface area contributed by atoms with Gasteiger partial charge in [0.1, 0.15) is 5.82 Å². The standard InChI is InChI=1S/C15H21BrFN/c1-10(2)13(9-18-11(3)4)7-12-5-6-14(16)8-15(12)17/h5-8,10-11,18H,9H2,1-4H3. The Hall–Kier alpha value is -0.670. The summed E-state index contributed by atoms with van der Waals surface area (Å²) < 4.78 is 14.5. The van der Waals surface area contributed by atoms with Crippen molar-refractivity contribution >= 4 is 22.0 Å². The maximum atomic E-state index is 13.8. The van der Waals surface area contributed by atoms with Gasteiger partial charge in [0.15, 0.2) is 0 Å². The van der Waals surface area contributed by atoms with E-state index in [0.29, 0.717) is 17.5 Å². The van der Waals surface area contributed by atoms with Crippen LogP contribution in [-0.4, -0.2) is 12.6 Å². The van der Waals surface area contributed by atoms with Crippen molar-refractivity contribution in [3.63, 3.8) is 0 Å². The highest BCUT2D eigenvalue weighted by Crippen LogP contribution is 2.20. The van der Waals surface area contributed by atoms with Crippen molar-refractivity contribution < 1.29 is 4.39 Å². The molecule has 0 aromatic heterocycles. The predicted octanol–water partition coefficient (Wildman–Crippen LogP) is 4.63. The van der Waals surface area contributed by atoms with E-state index in [1.807, 2.05) is 12.1 Å². The summed E-state index contributed by atoms with van der Waals surface area (Å²) in [5, 5.41) is 3.38. The fourth-order valence-corrected chi connectivity index (χ4v) is 1.90. The Balaban J connectivity index is 2.93. The van der Waals surface area contributed by atoms with Crippen LogP contribution in [0.3, 0.4) is 0 Å². The first kappa shape index (κ1) is 15.4. The van der Waals surface area contributed by atoms with Gasteiger partial charge in [-0.1, -0.05) is 61.3 Å². The molecule has 0 heterocycles. The first-order valence-corrected chi connectivity index (χ1v) is 7.08. The van der Waals surface area contributed by atoms with Gasteiger partial charge < -0.3 is 5.32 Å². The van der Waals surface area contributed by atoms with Crippen LogP contribution in [0.5, 0.6) is 0 Å². The van der Waals surface area contributed by atoms with E-state index in [0.717, 1.165) is 11.0 Å². The molecule has 0 aliphatic heterocycles. The number of rotatable bonds is 5. The second-order valence-electron chi connectivity index (χ2n) is 5.08. The van der Waals surface area contributed by atoms with Gasteiger partial charge in [0.25, 0.3) is 0 Å². The fraction of sp³-hybridized carbons (Fsp3) is 0.467. The van der Waals surface area contributed by atoms with Crippen LogP contribution in [0.4, 0.5) is 4.39 Å². The summed E-state index contributed by atoms with van der Waals surface area (Å²) in [6, 6.07) is 5.60. The van der Waals surface area contributed by atoms with Crippen molar-refractivity contribution in [2.24, 2.45) is 5.92 Å². The molecule has 1 rings (SSSR count). The summed E-state index contributed by atoms with van der Waals surface area (Å²) in [4.78, 5) is 0. The van der Waals surface area contributed by atoms with Gasteiger partial charge in [-0.3, -0.25) is 0 Å². The maximum absolute atomic E-state index is 13.8. The third-order valence-corrected chi connectivity index (χ3v) is 3.25. The molecule has 1 N–H and O–H groups in total. The van der Waals surface area contributed by atoms with Crippen LogP contribution in [0.1, 0.15) is 33.3 Å². The molecule has 1 aromatic rings. The van der Waals surface area contributed by atoms with Crippen LogP contribution in [0.2, 0.25) is 0 Å². The van der Waals surface area contributed by atoms with Gasteiger partial charge in [-0.05, 0) is 18.1 Å². The molecular formula is C15H21BrFN. The fourth-order valence-electron chi connectivity index (χ4n) is 1.56. The smallest absolute Gasteiger partial charge is 0.131 e. The lowest BCUT2D eigenvalue weighted by Crippen LogP contribution is -2.26. The molecule has 0 atom stereocenters. The lowest BCUT2D eigenvalue weighted by Gasteiger charge is -2.15. The Kier molecular flexibility index (Phi) is 6.03. The Morgan fingerprint density at radius 1 is 1.33 bits per heavy atom. The molecule has 0 spiro atoms. The van der Waals surface area contributed by atoms with Gasteiger partial charge >= 0.3 is 0 Å². The minimum atomic E-state index is -0.188. The Labute approximate surface area is 118 Å². The molecule has 0 saturated heterocycles. The average Bonchev–Trinajstić information content (AvgIpc) is 2.26. The predicted molar refractivity (Wildman–Crippen MR) is 80.1 cm³/mol. The number of hydrogen-bond donors (Lipinski definition) is 1. The molecule has 100 valence electrons. The van der Waals surface area contributed by atoms with Crippen molar-refractivity contribution in [1.29, 1.82) is 0 Å². The van der Waals surface area contributed by atoms with Gasteiger partial charge in [0, 0.05) is 22.6 Å². The summed E-state index contributed by atoms with van der Waals surface area (Å²) in [5.41, 5.74) is 1.86. The Bertz CT molecular complexity index is 425. The molecule has 0 unspecified atom stereocenters. The molecular weight excluding hydrogens is 293 g/mol. The summed E-state index contributed by atoms with van der Waals surface area (Å²) in [5.74, 6) is 0.214. The van der Waals surface area contributed by atoms with Gasteiger partial charge in [-0.15, -0.1) is 0 Å². The Morgan fingerprint density at radius 3 is 2.50 bits per heavy atom. The van der Waals surface area contributed by atoms with Crippen LogP contribution in [0.25, 0.3) is 6.08 Å². The maximum Gasteiger partial charge on any atom is 0.131 e. The van der Waals surface area contributed by atoms with Crippen molar-refractivity contribution in [3.8, 4) is 0 Å². The average molecular weight is 314 g/mol. The van der Waals surface area contributed by atoms with E-state index in [9.17, 15) is 4.39 Å². The van der Waals surface area contributed by atoms with E-state index in [-0.39, 0.29) is 5.82 Å². The van der Waals surface area contributed by atoms with E-state index in [4.69, 9.17) is 0 Å². The van der Waals surface area contributed by atoms with Crippen LogP contribution < -0.4 is 5.32 Å². The van der Waals surface area contributed by atoms with Gasteiger partial charge in [0.05, 0.1) is 0 Å². The van der Waals surface area contributed by atoms with Crippen LogP contribution in [0, 0.1) is 11.7 Å². The third-order valence-electron chi connectivity index (χ3n) is 2.76. The number of hydrogen-bond acceptors (Lipinski definition) is 1. The highest BCUT2D eigenvalue weighted by molar-refractivity contribution is 9.10. The minimum absolute atomic E-state index is 0.188. The molecule has 0 saturated carbocycles. The quantitative estimate of drug-likeness (QED) is 0.836. The topological polar surface area (TPSA) is 12.0 Å². The lowest BCUT2D eigenvalue weighted by atomic mass is 10.00. The molecule has 18 heavy (non-hydrogen) atoms. The van der Waals surface area contributed by atoms with Crippen molar-refractivity contribution in [1.82, 2.24) is 5.32 Å². The molecule has 0 radical (unpaired) electrons. The molecule has 1 aromatic carbocycles. The summed E-state index contributed by atoms with van der Waals surface area (Å²) in [6.45, 7) is 9.27. The minimum Gasteiger partial charge on any atom is -0.311 e. The van der Waals surface area contributed by atoms with E-state index < -0.39 is 0 Å². The second-order valence-corrected chi connectivity index (χ2v) is 5.99. The SMILES string of the molecule is CC(C)NCC(=Cc1ccc(Br)cc1F)C(C)C. The summed E-state index contributed by atoms with van der Waals surface area (Å²) >= 11 is 3.27. The monoisotopic (exact) mass is 313 g/mol. The van der Waals surface area contributed by atoms with Crippen LogP contribution in [0.15, 0.2) is 28.2 Å². The third kappa shape index (κ3) is 4.91.